The quantitative estimate of drug-likeness (QED) is 0.656. The van der Waals surface area contributed by atoms with Gasteiger partial charge in [-0.2, -0.15) is 0 Å². The highest BCUT2D eigenvalue weighted by molar-refractivity contribution is 8.03. The molecule has 3 fully saturated rings. The number of carboxylic acids is 1. The summed E-state index contributed by atoms with van der Waals surface area (Å²) in [5.41, 5.74) is 0.249. The van der Waals surface area contributed by atoms with Gasteiger partial charge in [-0.25, -0.2) is 4.79 Å². The van der Waals surface area contributed by atoms with Gasteiger partial charge in [0.25, 0.3) is 0 Å². The number of carboxylic acid groups (broad SMARTS) is 1. The highest BCUT2D eigenvalue weighted by Crippen LogP contribution is 2.49. The van der Waals surface area contributed by atoms with E-state index in [0.29, 0.717) is 17.7 Å². The van der Waals surface area contributed by atoms with Gasteiger partial charge in [-0.1, -0.05) is 6.92 Å². The number of nitrogens with one attached hydrogen (secondary N) is 2. The Morgan fingerprint density at radius 3 is 2.75 bits per heavy atom. The molecule has 0 radical (unpaired) electrons. The molecule has 0 saturated carbocycles. The summed E-state index contributed by atoms with van der Waals surface area (Å²) in [6.07, 6.45) is 4.03. The average molecular weight is 351 g/mol. The van der Waals surface area contributed by atoms with Gasteiger partial charge in [0, 0.05) is 35.1 Å². The highest BCUT2D eigenvalue weighted by atomic mass is 32.2. The smallest absolute Gasteiger partial charge is 0.353 e. The van der Waals surface area contributed by atoms with Gasteiger partial charge >= 0.3 is 5.97 Å². The van der Waals surface area contributed by atoms with E-state index in [2.05, 4.69) is 17.6 Å². The summed E-state index contributed by atoms with van der Waals surface area (Å²) in [6.45, 7) is 5.20. The first-order valence-electron chi connectivity index (χ1n) is 8.96. The predicted molar refractivity (Wildman–Crippen MR) is 92.5 cm³/mol. The van der Waals surface area contributed by atoms with E-state index in [-0.39, 0.29) is 23.6 Å². The summed E-state index contributed by atoms with van der Waals surface area (Å²) in [5, 5.41) is 17.1. The SMILES string of the molecule is CC1C(SC2CN[C@H](C3CCNCC3)C2)=C(C(=O)O)N2C(=O)CC12. The second-order valence-electron chi connectivity index (χ2n) is 7.42. The molecule has 6 nitrogen and oxygen atoms in total. The number of carbonyl (C=O) groups excluding carboxylic acids is 1. The maximum absolute atomic E-state index is 11.8. The van der Waals surface area contributed by atoms with Crippen LogP contribution in [0.15, 0.2) is 10.6 Å². The standard InChI is InChI=1S/C17H25N3O3S/c1-9-13-7-14(21)20(13)15(17(22)23)16(9)24-11-6-12(19-8-11)10-2-4-18-5-3-10/h9-13,18-19H,2-8H2,1H3,(H,22,23)/t9?,11?,12-,13?/m0/s1. The van der Waals surface area contributed by atoms with Crippen molar-refractivity contribution < 1.29 is 14.7 Å². The Morgan fingerprint density at radius 2 is 2.08 bits per heavy atom. The zero-order valence-corrected chi connectivity index (χ0v) is 14.8. The number of amides is 1. The molecule has 1 amide bonds. The zero-order chi connectivity index (χ0) is 16.8. The molecule has 0 aromatic rings. The lowest BCUT2D eigenvalue weighted by molar-refractivity contribution is -0.148. The molecule has 0 aromatic heterocycles. The van der Waals surface area contributed by atoms with Crippen LogP contribution in [0.4, 0.5) is 0 Å². The van der Waals surface area contributed by atoms with Crippen molar-refractivity contribution >= 4 is 23.6 Å². The lowest BCUT2D eigenvalue weighted by Crippen LogP contribution is -2.51. The van der Waals surface area contributed by atoms with Gasteiger partial charge in [0.05, 0.1) is 6.04 Å². The van der Waals surface area contributed by atoms with Gasteiger partial charge in [-0.3, -0.25) is 4.79 Å². The number of fused-ring (bicyclic) bond motifs is 1. The van der Waals surface area contributed by atoms with Crippen LogP contribution in [0.1, 0.15) is 32.6 Å². The molecule has 0 bridgehead atoms. The molecule has 3 unspecified atom stereocenters. The fourth-order valence-electron chi connectivity index (χ4n) is 4.62. The lowest BCUT2D eigenvalue weighted by atomic mass is 9.89. The first kappa shape index (κ1) is 16.4. The molecule has 4 rings (SSSR count). The number of carbonyl (C=O) groups is 2. The Bertz CT molecular complexity index is 588. The predicted octanol–water partition coefficient (Wildman–Crippen LogP) is 0.997. The van der Waals surface area contributed by atoms with E-state index >= 15 is 0 Å². The van der Waals surface area contributed by atoms with E-state index in [1.165, 1.54) is 17.7 Å². The third-order valence-corrected chi connectivity index (χ3v) is 7.53. The van der Waals surface area contributed by atoms with Crippen LogP contribution in [0.3, 0.4) is 0 Å². The van der Waals surface area contributed by atoms with Crippen molar-refractivity contribution in [2.75, 3.05) is 19.6 Å². The number of hydrogen-bond donors (Lipinski definition) is 3. The Balaban J connectivity index is 1.45. The summed E-state index contributed by atoms with van der Waals surface area (Å²) in [4.78, 5) is 25.9. The maximum Gasteiger partial charge on any atom is 0.353 e. The molecule has 4 aliphatic rings. The van der Waals surface area contributed by atoms with Crippen molar-refractivity contribution in [3.05, 3.63) is 10.6 Å². The first-order valence-corrected chi connectivity index (χ1v) is 9.84. The van der Waals surface area contributed by atoms with E-state index in [0.717, 1.165) is 36.9 Å². The Morgan fingerprint density at radius 1 is 1.33 bits per heavy atom. The molecule has 4 atom stereocenters. The summed E-state index contributed by atoms with van der Waals surface area (Å²) < 4.78 is 0. The van der Waals surface area contributed by atoms with E-state index in [1.54, 1.807) is 11.8 Å². The Kier molecular flexibility index (Phi) is 4.34. The van der Waals surface area contributed by atoms with Crippen molar-refractivity contribution in [2.24, 2.45) is 11.8 Å². The second kappa shape index (κ2) is 6.35. The molecule has 0 aromatic carbocycles. The minimum Gasteiger partial charge on any atom is -0.477 e. The number of nitrogens with zero attached hydrogens (tertiary/aromatic N) is 1. The number of thioether (sulfide) groups is 1. The maximum atomic E-state index is 11.8. The van der Waals surface area contributed by atoms with Crippen molar-refractivity contribution in [1.29, 1.82) is 0 Å². The fourth-order valence-corrected chi connectivity index (χ4v) is 6.13. The molecule has 0 aliphatic carbocycles. The number of rotatable bonds is 4. The molecule has 0 spiro atoms. The normalized spacial score (nSPS) is 36.9. The number of aliphatic carboxylic acids is 1. The Hall–Kier alpha value is -1.05. The van der Waals surface area contributed by atoms with Gasteiger partial charge in [0.15, 0.2) is 0 Å². The molecular weight excluding hydrogens is 326 g/mol. The second-order valence-corrected chi connectivity index (χ2v) is 8.76. The molecule has 24 heavy (non-hydrogen) atoms. The largest absolute Gasteiger partial charge is 0.477 e. The van der Waals surface area contributed by atoms with Crippen LogP contribution in [0.25, 0.3) is 0 Å². The number of piperidine rings is 1. The molecule has 3 N–H and O–H groups in total. The van der Waals surface area contributed by atoms with Crippen molar-refractivity contribution in [1.82, 2.24) is 15.5 Å². The highest BCUT2D eigenvalue weighted by Gasteiger charge is 2.52. The van der Waals surface area contributed by atoms with Gasteiger partial charge in [0.2, 0.25) is 5.91 Å². The number of β-lactam (4-membered cyclic amide) rings is 1. The summed E-state index contributed by atoms with van der Waals surface area (Å²) in [7, 11) is 0. The molecule has 4 aliphatic heterocycles. The van der Waals surface area contributed by atoms with Crippen LogP contribution in [0.5, 0.6) is 0 Å². The van der Waals surface area contributed by atoms with Crippen LogP contribution in [-0.4, -0.2) is 58.9 Å². The summed E-state index contributed by atoms with van der Waals surface area (Å²) in [6, 6.07) is 0.620. The summed E-state index contributed by atoms with van der Waals surface area (Å²) in [5.74, 6) is -0.123. The lowest BCUT2D eigenvalue weighted by Gasteiger charge is -2.37. The van der Waals surface area contributed by atoms with Gasteiger partial charge in [-0.05, 0) is 38.3 Å². The van der Waals surface area contributed by atoms with E-state index in [4.69, 9.17) is 0 Å². The molecule has 4 heterocycles. The van der Waals surface area contributed by atoms with Crippen LogP contribution >= 0.6 is 11.8 Å². The van der Waals surface area contributed by atoms with Gasteiger partial charge < -0.3 is 20.6 Å². The van der Waals surface area contributed by atoms with Gasteiger partial charge in [-0.15, -0.1) is 11.8 Å². The zero-order valence-electron chi connectivity index (χ0n) is 14.0. The monoisotopic (exact) mass is 351 g/mol. The fraction of sp³-hybridized carbons (Fsp3) is 0.765. The third kappa shape index (κ3) is 2.66. The van der Waals surface area contributed by atoms with E-state index in [1.807, 2.05) is 0 Å². The van der Waals surface area contributed by atoms with Crippen molar-refractivity contribution in [3.8, 4) is 0 Å². The van der Waals surface area contributed by atoms with E-state index < -0.39 is 5.97 Å². The third-order valence-electron chi connectivity index (χ3n) is 6.02. The van der Waals surface area contributed by atoms with E-state index in [9.17, 15) is 14.7 Å². The molecule has 3 saturated heterocycles. The summed E-state index contributed by atoms with van der Waals surface area (Å²) >= 11 is 1.70. The average Bonchev–Trinajstić information content (AvgIpc) is 3.11. The van der Waals surface area contributed by atoms with Crippen LogP contribution < -0.4 is 10.6 Å². The van der Waals surface area contributed by atoms with Crippen molar-refractivity contribution in [3.63, 3.8) is 0 Å². The van der Waals surface area contributed by atoms with Crippen LogP contribution in [-0.2, 0) is 9.59 Å². The van der Waals surface area contributed by atoms with Crippen molar-refractivity contribution in [2.45, 2.75) is 49.9 Å². The first-order chi connectivity index (χ1) is 11.6. The number of hydrogen-bond acceptors (Lipinski definition) is 5. The van der Waals surface area contributed by atoms with Crippen LogP contribution in [0.2, 0.25) is 0 Å². The minimum absolute atomic E-state index is 0.0445. The van der Waals surface area contributed by atoms with Gasteiger partial charge in [0.1, 0.15) is 5.70 Å². The Labute approximate surface area is 146 Å². The minimum atomic E-state index is -0.958. The van der Waals surface area contributed by atoms with Crippen LogP contribution in [0, 0.1) is 11.8 Å². The molecular formula is C17H25N3O3S. The molecule has 7 heteroatoms. The molecule has 132 valence electrons. The topological polar surface area (TPSA) is 81.7 Å².